The van der Waals surface area contributed by atoms with Gasteiger partial charge in [0, 0.05) is 6.54 Å². The van der Waals surface area contributed by atoms with Crippen LogP contribution in [0.4, 0.5) is 0 Å². The van der Waals surface area contributed by atoms with Gasteiger partial charge in [0.2, 0.25) is 53.2 Å². The van der Waals surface area contributed by atoms with Crippen LogP contribution in [0.25, 0.3) is 0 Å². The number of amides is 11. The van der Waals surface area contributed by atoms with Crippen LogP contribution in [0.15, 0.2) is 9.98 Å². The number of hydrogen-bond donors (Lipinski definition) is 13. The minimum Gasteiger partial charge on any atom is -0.481 e. The van der Waals surface area contributed by atoms with Gasteiger partial charge in [-0.2, -0.15) is 0 Å². The number of carboxylic acid groups (broad SMARTS) is 1. The van der Waals surface area contributed by atoms with Crippen molar-refractivity contribution in [3.63, 3.8) is 0 Å². The van der Waals surface area contributed by atoms with Crippen LogP contribution >= 0.6 is 0 Å². The van der Waals surface area contributed by atoms with Gasteiger partial charge >= 0.3 is 5.97 Å². The Kier molecular flexibility index (Phi) is 21.6. The molecule has 0 aromatic heterocycles. The van der Waals surface area contributed by atoms with Crippen molar-refractivity contribution in [3.8, 4) is 0 Å². The zero-order chi connectivity index (χ0) is 47.4. The molecule has 18 N–H and O–H groups in total. The third-order valence-electron chi connectivity index (χ3n) is 9.04. The van der Waals surface area contributed by atoms with Crippen molar-refractivity contribution in [1.82, 2.24) is 37.2 Å². The van der Waals surface area contributed by atoms with Gasteiger partial charge in [-0.05, 0) is 24.7 Å². The molecule has 0 radical (unpaired) electrons. The van der Waals surface area contributed by atoms with Crippen molar-refractivity contribution in [2.45, 2.75) is 115 Å². The molecule has 27 heteroatoms. The number of nitrogens with one attached hydrogen (secondary N) is 7. The number of nitrogens with two attached hydrogens (primary N) is 5. The van der Waals surface area contributed by atoms with E-state index in [1.165, 1.54) is 20.8 Å². The number of rotatable bonds is 15. The maximum absolute atomic E-state index is 13.7. The van der Waals surface area contributed by atoms with Crippen LogP contribution in [0.1, 0.15) is 72.6 Å². The van der Waals surface area contributed by atoms with Crippen LogP contribution in [0.3, 0.4) is 0 Å². The maximum atomic E-state index is 13.7. The second kappa shape index (κ2) is 25.4. The Morgan fingerprint density at radius 1 is 0.613 bits per heavy atom. The maximum Gasteiger partial charge on any atom is 0.305 e. The molecule has 62 heavy (non-hydrogen) atoms. The Labute approximate surface area is 354 Å². The van der Waals surface area contributed by atoms with Gasteiger partial charge < -0.3 is 71.0 Å². The van der Waals surface area contributed by atoms with Crippen LogP contribution < -0.4 is 65.9 Å². The molecule has 1 aliphatic rings. The molecular weight excluding hydrogens is 824 g/mol. The monoisotopic (exact) mass is 880 g/mol. The number of aliphatic imine (C=N–C) groups is 2. The number of guanidine groups is 1. The Morgan fingerprint density at radius 3 is 1.44 bits per heavy atom. The van der Waals surface area contributed by atoms with E-state index in [0.29, 0.717) is 6.21 Å². The summed E-state index contributed by atoms with van der Waals surface area (Å²) >= 11 is 0. The molecule has 11 amide bonds. The lowest BCUT2D eigenvalue weighted by atomic mass is 9.97. The molecule has 0 spiro atoms. The molecular formula is C35H56N14O13. The highest BCUT2D eigenvalue weighted by molar-refractivity contribution is 6.29. The molecule has 0 aromatic carbocycles. The summed E-state index contributed by atoms with van der Waals surface area (Å²) in [5, 5.41) is 25.2. The average molecular weight is 881 g/mol. The van der Waals surface area contributed by atoms with Crippen LogP contribution in [0, 0.1) is 11.8 Å². The van der Waals surface area contributed by atoms with E-state index in [2.05, 4.69) is 47.2 Å². The Hall–Kier alpha value is -7.22. The van der Waals surface area contributed by atoms with E-state index in [1.54, 1.807) is 6.92 Å². The molecule has 0 unspecified atom stereocenters. The SMILES string of the molecule is CC[C@H](C)[C@@H]1NC(=O)[C@H](CC(=O)O)NC(=O)C=NC(=O)[C@H](CCCN=C(N)N)NC(=O)[C@H](C(C)C)NC(=O)[C@H](CC(N)=O)NC(=O)[C@H](CC(N)=O)NC(=O)[C@H](CC(N)=O)NC1=O. The van der Waals surface area contributed by atoms with E-state index in [1.807, 2.05) is 0 Å². The molecule has 0 saturated carbocycles. The standard InChI is InChI=1S/C35H56N14O13/c1-5-15(4)27-34(62)47-18(10-22(37)51)30(58)45-17(9-21(36)50)29(57)46-19(11-23(38)52)31(59)48-26(14(2)3)33(61)44-16(7-6-8-41-35(39)40)28(56)42-13-24(53)43-20(12-25(54)55)32(60)49-27/h13-20,26-27H,5-12H2,1-4H3,(H2,36,50)(H2,37,51)(H2,38,52)(H,43,53)(H,44,61)(H,45,58)(H,46,57)(H,47,62)(H,48,59)(H,49,60)(H,54,55)(H4,39,40,41)/t15-,16-,17-,18-,19-,20-,26-,27-/m0/s1. The second-order valence-corrected chi connectivity index (χ2v) is 14.6. The van der Waals surface area contributed by atoms with E-state index in [9.17, 15) is 62.6 Å². The molecule has 0 aliphatic carbocycles. The number of primary amides is 3. The Morgan fingerprint density at radius 2 is 1.02 bits per heavy atom. The molecule has 1 heterocycles. The minimum atomic E-state index is -1.94. The van der Waals surface area contributed by atoms with Gasteiger partial charge in [-0.1, -0.05) is 34.1 Å². The molecule has 8 atom stereocenters. The number of carboxylic acids is 1. The van der Waals surface area contributed by atoms with Gasteiger partial charge in [0.15, 0.2) is 5.96 Å². The number of hydrogen-bond acceptors (Lipinski definition) is 13. The molecule has 0 aromatic rings. The first-order valence-electron chi connectivity index (χ1n) is 19.2. The van der Waals surface area contributed by atoms with E-state index in [-0.39, 0.29) is 31.8 Å². The summed E-state index contributed by atoms with van der Waals surface area (Å²) in [6.07, 6.45) is -3.35. The predicted molar refractivity (Wildman–Crippen MR) is 215 cm³/mol. The van der Waals surface area contributed by atoms with Crippen molar-refractivity contribution in [1.29, 1.82) is 0 Å². The summed E-state index contributed by atoms with van der Waals surface area (Å²) in [6.45, 7) is 6.01. The number of nitrogens with zero attached hydrogens (tertiary/aromatic N) is 2. The molecule has 0 fully saturated rings. The van der Waals surface area contributed by atoms with E-state index < -0.39 is 151 Å². The lowest BCUT2D eigenvalue weighted by Gasteiger charge is -2.29. The van der Waals surface area contributed by atoms with Gasteiger partial charge in [0.1, 0.15) is 42.3 Å². The summed E-state index contributed by atoms with van der Waals surface area (Å²) in [6, 6.07) is -12.2. The van der Waals surface area contributed by atoms with Gasteiger partial charge in [-0.25, -0.2) is 4.99 Å². The predicted octanol–water partition coefficient (Wildman–Crippen LogP) is -7.15. The second-order valence-electron chi connectivity index (χ2n) is 14.6. The lowest BCUT2D eigenvalue weighted by molar-refractivity contribution is -0.141. The normalized spacial score (nSPS) is 24.4. The largest absolute Gasteiger partial charge is 0.481 e. The highest BCUT2D eigenvalue weighted by atomic mass is 16.4. The van der Waals surface area contributed by atoms with Gasteiger partial charge in [-0.15, -0.1) is 0 Å². The van der Waals surface area contributed by atoms with Crippen molar-refractivity contribution in [2.24, 2.45) is 50.5 Å². The van der Waals surface area contributed by atoms with E-state index in [4.69, 9.17) is 28.7 Å². The highest BCUT2D eigenvalue weighted by Crippen LogP contribution is 2.12. The molecule has 1 aliphatic heterocycles. The Balaban J connectivity index is 3.97. The average Bonchev–Trinajstić information content (AvgIpc) is 3.16. The topological polar surface area (TPSA) is 464 Å². The van der Waals surface area contributed by atoms with E-state index >= 15 is 0 Å². The zero-order valence-corrected chi connectivity index (χ0v) is 34.6. The molecule has 1 rings (SSSR count). The van der Waals surface area contributed by atoms with Gasteiger partial charge in [0.25, 0.3) is 11.8 Å². The molecule has 0 saturated heterocycles. The summed E-state index contributed by atoms with van der Waals surface area (Å²) in [4.78, 5) is 163. The summed E-state index contributed by atoms with van der Waals surface area (Å²) < 4.78 is 0. The fourth-order valence-electron chi connectivity index (χ4n) is 5.61. The first-order valence-corrected chi connectivity index (χ1v) is 19.2. The fraction of sp³-hybridized carbons (Fsp3) is 0.600. The van der Waals surface area contributed by atoms with Crippen molar-refractivity contribution < 1.29 is 62.6 Å². The third-order valence-corrected chi connectivity index (χ3v) is 9.04. The van der Waals surface area contributed by atoms with Gasteiger partial charge in [-0.3, -0.25) is 62.5 Å². The lowest BCUT2D eigenvalue weighted by Crippen LogP contribution is -2.62. The molecule has 27 nitrogen and oxygen atoms in total. The molecule has 0 bridgehead atoms. The third kappa shape index (κ3) is 18.8. The Bertz CT molecular complexity index is 1800. The fourth-order valence-corrected chi connectivity index (χ4v) is 5.61. The van der Waals surface area contributed by atoms with Crippen molar-refractivity contribution in [2.75, 3.05) is 6.54 Å². The zero-order valence-electron chi connectivity index (χ0n) is 34.6. The first-order chi connectivity index (χ1) is 28.9. The van der Waals surface area contributed by atoms with E-state index in [0.717, 1.165) is 0 Å². The van der Waals surface area contributed by atoms with Gasteiger partial charge in [0.05, 0.1) is 31.9 Å². The summed E-state index contributed by atoms with van der Waals surface area (Å²) in [5.41, 5.74) is 26.7. The highest BCUT2D eigenvalue weighted by Gasteiger charge is 2.37. The number of carbonyl (C=O) groups excluding carboxylic acids is 11. The number of carbonyl (C=O) groups is 12. The minimum absolute atomic E-state index is 0.0321. The number of aliphatic carboxylic acids is 1. The summed E-state index contributed by atoms with van der Waals surface area (Å²) in [7, 11) is 0. The smallest absolute Gasteiger partial charge is 0.305 e. The molecule has 344 valence electrons. The van der Waals surface area contributed by atoms with Crippen molar-refractivity contribution in [3.05, 3.63) is 0 Å². The van der Waals surface area contributed by atoms with Crippen LogP contribution in [0.5, 0.6) is 0 Å². The summed E-state index contributed by atoms with van der Waals surface area (Å²) in [5.74, 6) is -16.4. The van der Waals surface area contributed by atoms with Crippen LogP contribution in [-0.2, 0) is 57.5 Å². The van der Waals surface area contributed by atoms with Crippen molar-refractivity contribution >= 4 is 83.1 Å². The van der Waals surface area contributed by atoms with Crippen LogP contribution in [-0.4, -0.2) is 137 Å². The first kappa shape index (κ1) is 52.8. The quantitative estimate of drug-likeness (QED) is 0.0413. The van der Waals surface area contributed by atoms with Crippen LogP contribution in [0.2, 0.25) is 0 Å².